The van der Waals surface area contributed by atoms with Gasteiger partial charge in [-0.1, -0.05) is 30.3 Å². The number of nitrogens with one attached hydrogen (secondary N) is 1. The summed E-state index contributed by atoms with van der Waals surface area (Å²) < 4.78 is 25.6. The van der Waals surface area contributed by atoms with Gasteiger partial charge in [0.1, 0.15) is 6.54 Å². The number of carbonyl (C=O) groups excluding carboxylic acids is 1. The number of fused-ring (bicyclic) bond motifs is 1. The SMILES string of the molecule is Cc1cccc(N(CC(=O)N[C@@H](C)c2ccc3c(c2)CCC3)S(C)(=O)=O)c1. The molecule has 5 nitrogen and oxygen atoms in total. The summed E-state index contributed by atoms with van der Waals surface area (Å²) in [6.45, 7) is 3.57. The topological polar surface area (TPSA) is 66.5 Å². The molecule has 144 valence electrons. The Labute approximate surface area is 161 Å². The van der Waals surface area contributed by atoms with Crippen LogP contribution in [-0.4, -0.2) is 27.1 Å². The summed E-state index contributed by atoms with van der Waals surface area (Å²) in [4.78, 5) is 12.6. The number of sulfonamides is 1. The number of benzene rings is 2. The van der Waals surface area contributed by atoms with E-state index in [9.17, 15) is 13.2 Å². The van der Waals surface area contributed by atoms with Crippen molar-refractivity contribution < 1.29 is 13.2 Å². The molecule has 6 heteroatoms. The van der Waals surface area contributed by atoms with Crippen molar-refractivity contribution >= 4 is 21.6 Å². The van der Waals surface area contributed by atoms with Crippen LogP contribution in [0.25, 0.3) is 0 Å². The summed E-state index contributed by atoms with van der Waals surface area (Å²) in [6, 6.07) is 13.3. The van der Waals surface area contributed by atoms with Gasteiger partial charge in [-0.2, -0.15) is 0 Å². The number of rotatable bonds is 6. The van der Waals surface area contributed by atoms with Crippen LogP contribution in [0.4, 0.5) is 5.69 Å². The molecule has 2 aromatic rings. The Hall–Kier alpha value is -2.34. The van der Waals surface area contributed by atoms with Crippen molar-refractivity contribution in [2.75, 3.05) is 17.1 Å². The minimum atomic E-state index is -3.57. The highest BCUT2D eigenvalue weighted by Crippen LogP contribution is 2.25. The van der Waals surface area contributed by atoms with Crippen molar-refractivity contribution in [1.29, 1.82) is 0 Å². The van der Waals surface area contributed by atoms with Crippen molar-refractivity contribution in [3.05, 3.63) is 64.7 Å². The van der Waals surface area contributed by atoms with E-state index in [1.54, 1.807) is 18.2 Å². The largest absolute Gasteiger partial charge is 0.348 e. The molecule has 0 aliphatic heterocycles. The van der Waals surface area contributed by atoms with Gasteiger partial charge in [-0.05, 0) is 67.5 Å². The third-order valence-electron chi connectivity index (χ3n) is 4.98. The van der Waals surface area contributed by atoms with Gasteiger partial charge in [0.05, 0.1) is 18.0 Å². The molecule has 0 radical (unpaired) electrons. The van der Waals surface area contributed by atoms with Gasteiger partial charge in [0.25, 0.3) is 0 Å². The van der Waals surface area contributed by atoms with Gasteiger partial charge in [-0.25, -0.2) is 8.42 Å². The summed E-state index contributed by atoms with van der Waals surface area (Å²) in [6.07, 6.45) is 4.50. The molecule has 1 N–H and O–H groups in total. The summed E-state index contributed by atoms with van der Waals surface area (Å²) >= 11 is 0. The first-order chi connectivity index (χ1) is 12.7. The van der Waals surface area contributed by atoms with Crippen LogP contribution >= 0.6 is 0 Å². The molecule has 2 aromatic carbocycles. The van der Waals surface area contributed by atoms with Crippen molar-refractivity contribution in [2.24, 2.45) is 0 Å². The number of amides is 1. The Balaban J connectivity index is 1.72. The van der Waals surface area contributed by atoms with E-state index in [-0.39, 0.29) is 18.5 Å². The molecule has 1 aliphatic rings. The molecule has 27 heavy (non-hydrogen) atoms. The molecule has 0 unspecified atom stereocenters. The van der Waals surface area contributed by atoms with Crippen LogP contribution < -0.4 is 9.62 Å². The van der Waals surface area contributed by atoms with E-state index < -0.39 is 10.0 Å². The lowest BCUT2D eigenvalue weighted by Gasteiger charge is -2.23. The number of aryl methyl sites for hydroxylation is 3. The van der Waals surface area contributed by atoms with Crippen LogP contribution in [0, 0.1) is 6.92 Å². The van der Waals surface area contributed by atoms with Crippen molar-refractivity contribution in [3.8, 4) is 0 Å². The zero-order valence-electron chi connectivity index (χ0n) is 16.0. The first kappa shape index (κ1) is 19.4. The molecule has 1 amide bonds. The molecule has 0 bridgehead atoms. The fourth-order valence-corrected chi connectivity index (χ4v) is 4.39. The molecular formula is C21H26N2O3S. The standard InChI is InChI=1S/C21H26N2O3S/c1-15-6-4-9-20(12-15)23(27(3,25)26)14-21(24)22-16(2)18-11-10-17-7-5-8-19(17)13-18/h4,6,9-13,16H,5,7-8,14H2,1-3H3,(H,22,24)/t16-/m0/s1. The zero-order chi connectivity index (χ0) is 19.6. The summed E-state index contributed by atoms with van der Waals surface area (Å²) in [5.74, 6) is -0.324. The second kappa shape index (κ2) is 7.72. The molecule has 1 atom stereocenters. The third kappa shape index (κ3) is 4.69. The van der Waals surface area contributed by atoms with Gasteiger partial charge in [0.2, 0.25) is 15.9 Å². The van der Waals surface area contributed by atoms with Crippen molar-refractivity contribution in [1.82, 2.24) is 5.32 Å². The highest BCUT2D eigenvalue weighted by Gasteiger charge is 2.22. The van der Waals surface area contributed by atoms with Crippen LogP contribution in [0.3, 0.4) is 0 Å². The molecular weight excluding hydrogens is 360 g/mol. The van der Waals surface area contributed by atoms with Crippen LogP contribution in [0.2, 0.25) is 0 Å². The molecule has 0 saturated carbocycles. The number of anilines is 1. The van der Waals surface area contributed by atoms with E-state index in [2.05, 4.69) is 17.4 Å². The lowest BCUT2D eigenvalue weighted by atomic mass is 10.0. The smallest absolute Gasteiger partial charge is 0.241 e. The Bertz CT molecular complexity index is 954. The van der Waals surface area contributed by atoms with E-state index in [0.717, 1.165) is 34.5 Å². The number of nitrogens with zero attached hydrogens (tertiary/aromatic N) is 1. The maximum absolute atomic E-state index is 12.6. The number of hydrogen-bond acceptors (Lipinski definition) is 3. The maximum Gasteiger partial charge on any atom is 0.241 e. The van der Waals surface area contributed by atoms with Gasteiger partial charge >= 0.3 is 0 Å². The monoisotopic (exact) mass is 386 g/mol. The Morgan fingerprint density at radius 1 is 1.15 bits per heavy atom. The molecule has 0 aromatic heterocycles. The number of carbonyl (C=O) groups is 1. The minimum Gasteiger partial charge on any atom is -0.348 e. The molecule has 0 fully saturated rings. The predicted octanol–water partition coefficient (Wildman–Crippen LogP) is 3.13. The Kier molecular flexibility index (Phi) is 5.56. The third-order valence-corrected chi connectivity index (χ3v) is 6.12. The molecule has 1 aliphatic carbocycles. The van der Waals surface area contributed by atoms with Crippen LogP contribution in [-0.2, 0) is 27.7 Å². The van der Waals surface area contributed by atoms with Gasteiger partial charge in [-0.15, -0.1) is 0 Å². The summed E-state index contributed by atoms with van der Waals surface area (Å²) in [5.41, 5.74) is 5.22. The molecule has 0 saturated heterocycles. The lowest BCUT2D eigenvalue weighted by molar-refractivity contribution is -0.120. The summed E-state index contributed by atoms with van der Waals surface area (Å²) in [7, 11) is -3.57. The molecule has 3 rings (SSSR count). The highest BCUT2D eigenvalue weighted by molar-refractivity contribution is 7.92. The van der Waals surface area contributed by atoms with E-state index in [4.69, 9.17) is 0 Å². The first-order valence-electron chi connectivity index (χ1n) is 9.19. The average Bonchev–Trinajstić information content (AvgIpc) is 3.06. The lowest BCUT2D eigenvalue weighted by Crippen LogP contribution is -2.41. The van der Waals surface area contributed by atoms with Crippen LogP contribution in [0.1, 0.15) is 41.6 Å². The predicted molar refractivity (Wildman–Crippen MR) is 108 cm³/mol. The van der Waals surface area contributed by atoms with E-state index in [1.807, 2.05) is 26.0 Å². The first-order valence-corrected chi connectivity index (χ1v) is 11.0. The van der Waals surface area contributed by atoms with Crippen molar-refractivity contribution in [2.45, 2.75) is 39.2 Å². The van der Waals surface area contributed by atoms with Crippen LogP contribution in [0.5, 0.6) is 0 Å². The Morgan fingerprint density at radius 3 is 2.59 bits per heavy atom. The van der Waals surface area contributed by atoms with E-state index in [0.29, 0.717) is 5.69 Å². The Morgan fingerprint density at radius 2 is 1.89 bits per heavy atom. The van der Waals surface area contributed by atoms with Crippen LogP contribution in [0.15, 0.2) is 42.5 Å². The molecule has 0 spiro atoms. The van der Waals surface area contributed by atoms with Gasteiger partial charge in [-0.3, -0.25) is 9.10 Å². The number of hydrogen-bond donors (Lipinski definition) is 1. The quantitative estimate of drug-likeness (QED) is 0.829. The minimum absolute atomic E-state index is 0.178. The fourth-order valence-electron chi connectivity index (χ4n) is 3.55. The normalized spacial score (nSPS) is 14.5. The van der Waals surface area contributed by atoms with Crippen molar-refractivity contribution in [3.63, 3.8) is 0 Å². The van der Waals surface area contributed by atoms with Gasteiger partial charge < -0.3 is 5.32 Å². The van der Waals surface area contributed by atoms with Gasteiger partial charge in [0.15, 0.2) is 0 Å². The van der Waals surface area contributed by atoms with E-state index >= 15 is 0 Å². The van der Waals surface area contributed by atoms with Gasteiger partial charge in [0, 0.05) is 0 Å². The molecule has 0 heterocycles. The second-order valence-corrected chi connectivity index (χ2v) is 9.19. The van der Waals surface area contributed by atoms with E-state index in [1.165, 1.54) is 17.5 Å². The zero-order valence-corrected chi connectivity index (χ0v) is 16.8. The highest BCUT2D eigenvalue weighted by atomic mass is 32.2. The average molecular weight is 387 g/mol. The second-order valence-electron chi connectivity index (χ2n) is 7.28. The fraction of sp³-hybridized carbons (Fsp3) is 0.381. The maximum atomic E-state index is 12.6. The summed E-state index contributed by atoms with van der Waals surface area (Å²) in [5, 5.41) is 2.93.